The fourth-order valence-corrected chi connectivity index (χ4v) is 2.56. The van der Waals surface area contributed by atoms with Gasteiger partial charge in [-0.1, -0.05) is 0 Å². The van der Waals surface area contributed by atoms with Crippen LogP contribution in [0, 0.1) is 6.92 Å². The molecule has 0 radical (unpaired) electrons. The van der Waals surface area contributed by atoms with Gasteiger partial charge in [-0.2, -0.15) is 10.2 Å². The summed E-state index contributed by atoms with van der Waals surface area (Å²) in [6.07, 6.45) is 1.23. The fourth-order valence-electron chi connectivity index (χ4n) is 1.90. The van der Waals surface area contributed by atoms with Gasteiger partial charge in [-0.05, 0) is 19.9 Å². The molecule has 2 rings (SSSR count). The third-order valence-electron chi connectivity index (χ3n) is 2.77. The van der Waals surface area contributed by atoms with Crippen LogP contribution in [0.25, 0.3) is 0 Å². The minimum Gasteiger partial charge on any atom is -0.303 e. The Morgan fingerprint density at radius 1 is 1.43 bits per heavy atom. The molecule has 2 aromatic rings. The third-order valence-corrected chi connectivity index (χ3v) is 3.68. The van der Waals surface area contributed by atoms with Crippen LogP contribution in [0.1, 0.15) is 23.1 Å². The van der Waals surface area contributed by atoms with Crippen molar-refractivity contribution in [3.63, 3.8) is 0 Å². The van der Waals surface area contributed by atoms with Gasteiger partial charge in [0.05, 0.1) is 5.69 Å². The summed E-state index contributed by atoms with van der Waals surface area (Å²) in [6, 6.07) is 1.61. The molecule has 114 valence electrons. The van der Waals surface area contributed by atoms with Crippen molar-refractivity contribution in [1.29, 1.82) is 0 Å². The predicted octanol–water partition coefficient (Wildman–Crippen LogP) is -0.155. The first kappa shape index (κ1) is 15.2. The lowest BCUT2D eigenvalue weighted by atomic mass is 10.3. The van der Waals surface area contributed by atoms with Crippen molar-refractivity contribution < 1.29 is 13.2 Å². The molecule has 1 amide bonds. The SMILES string of the molecule is CCn1nc(C)cc1C(=O)Nc1nn(C)cc1S(N)(=O)=O. The van der Waals surface area contributed by atoms with Crippen LogP contribution in [0.3, 0.4) is 0 Å². The topological polar surface area (TPSA) is 125 Å². The van der Waals surface area contributed by atoms with Crippen LogP contribution >= 0.6 is 0 Å². The molecule has 0 fully saturated rings. The highest BCUT2D eigenvalue weighted by molar-refractivity contribution is 7.89. The lowest BCUT2D eigenvalue weighted by Gasteiger charge is -2.05. The molecule has 0 saturated heterocycles. The Morgan fingerprint density at radius 2 is 2.10 bits per heavy atom. The normalized spacial score (nSPS) is 11.6. The van der Waals surface area contributed by atoms with E-state index in [0.717, 1.165) is 0 Å². The number of hydrogen-bond acceptors (Lipinski definition) is 5. The zero-order chi connectivity index (χ0) is 15.8. The van der Waals surface area contributed by atoms with E-state index in [-0.39, 0.29) is 10.7 Å². The van der Waals surface area contributed by atoms with Gasteiger partial charge in [0.15, 0.2) is 5.82 Å². The largest absolute Gasteiger partial charge is 0.303 e. The number of primary sulfonamides is 1. The highest BCUT2D eigenvalue weighted by Gasteiger charge is 2.22. The molecule has 0 aromatic carbocycles. The number of nitrogens with zero attached hydrogens (tertiary/aromatic N) is 4. The van der Waals surface area contributed by atoms with E-state index in [1.165, 1.54) is 22.6 Å². The van der Waals surface area contributed by atoms with Gasteiger partial charge < -0.3 is 5.32 Å². The maximum Gasteiger partial charge on any atom is 0.275 e. The van der Waals surface area contributed by atoms with Crippen LogP contribution in [0.5, 0.6) is 0 Å². The highest BCUT2D eigenvalue weighted by Crippen LogP contribution is 2.18. The van der Waals surface area contributed by atoms with Gasteiger partial charge in [0, 0.05) is 19.8 Å². The molecule has 10 heteroatoms. The molecule has 0 unspecified atom stereocenters. The number of nitrogens with two attached hydrogens (primary N) is 1. The van der Waals surface area contributed by atoms with Gasteiger partial charge in [-0.25, -0.2) is 13.6 Å². The number of rotatable bonds is 4. The first-order valence-electron chi connectivity index (χ1n) is 6.14. The molecule has 0 spiro atoms. The van der Waals surface area contributed by atoms with E-state index < -0.39 is 15.9 Å². The van der Waals surface area contributed by atoms with Crippen molar-refractivity contribution in [2.75, 3.05) is 5.32 Å². The van der Waals surface area contributed by atoms with E-state index >= 15 is 0 Å². The maximum atomic E-state index is 12.2. The van der Waals surface area contributed by atoms with Gasteiger partial charge in [0.2, 0.25) is 10.0 Å². The van der Waals surface area contributed by atoms with Gasteiger partial charge in [-0.15, -0.1) is 0 Å². The number of amides is 1. The molecule has 2 aromatic heterocycles. The average Bonchev–Trinajstić information content (AvgIpc) is 2.91. The smallest absolute Gasteiger partial charge is 0.275 e. The van der Waals surface area contributed by atoms with Crippen LogP contribution in [0.15, 0.2) is 17.2 Å². The van der Waals surface area contributed by atoms with Crippen LogP contribution in [-0.2, 0) is 23.6 Å². The average molecular weight is 312 g/mol. The van der Waals surface area contributed by atoms with Crippen molar-refractivity contribution >= 4 is 21.7 Å². The summed E-state index contributed by atoms with van der Waals surface area (Å²) in [5, 5.41) is 15.6. The van der Waals surface area contributed by atoms with Crippen molar-refractivity contribution in [1.82, 2.24) is 19.6 Å². The van der Waals surface area contributed by atoms with Crippen LogP contribution in [-0.4, -0.2) is 33.9 Å². The molecular weight excluding hydrogens is 296 g/mol. The molecule has 21 heavy (non-hydrogen) atoms. The second-order valence-electron chi connectivity index (χ2n) is 4.50. The summed E-state index contributed by atoms with van der Waals surface area (Å²) in [5.41, 5.74) is 1.01. The van der Waals surface area contributed by atoms with E-state index in [4.69, 9.17) is 5.14 Å². The molecule has 9 nitrogen and oxygen atoms in total. The summed E-state index contributed by atoms with van der Waals surface area (Å²) in [7, 11) is -2.44. The molecule has 3 N–H and O–H groups in total. The third kappa shape index (κ3) is 3.11. The zero-order valence-electron chi connectivity index (χ0n) is 11.9. The predicted molar refractivity (Wildman–Crippen MR) is 75.2 cm³/mol. The van der Waals surface area contributed by atoms with Crippen molar-refractivity contribution in [2.24, 2.45) is 12.2 Å². The quantitative estimate of drug-likeness (QED) is 0.812. The molecule has 2 heterocycles. The molecule has 0 saturated carbocycles. The van der Waals surface area contributed by atoms with Crippen LogP contribution in [0.4, 0.5) is 5.82 Å². The first-order valence-corrected chi connectivity index (χ1v) is 7.69. The van der Waals surface area contributed by atoms with Gasteiger partial charge in [-0.3, -0.25) is 14.2 Å². The first-order chi connectivity index (χ1) is 9.72. The van der Waals surface area contributed by atoms with E-state index in [1.807, 2.05) is 6.92 Å². The Bertz CT molecular complexity index is 789. The van der Waals surface area contributed by atoms with Crippen molar-refractivity contribution in [3.8, 4) is 0 Å². The number of hydrogen-bond donors (Lipinski definition) is 2. The molecule has 0 bridgehead atoms. The van der Waals surface area contributed by atoms with E-state index in [2.05, 4.69) is 15.5 Å². The number of nitrogens with one attached hydrogen (secondary N) is 1. The zero-order valence-corrected chi connectivity index (χ0v) is 12.7. The van der Waals surface area contributed by atoms with Crippen molar-refractivity contribution in [3.05, 3.63) is 23.7 Å². The lowest BCUT2D eigenvalue weighted by Crippen LogP contribution is -2.20. The number of sulfonamides is 1. The molecule has 0 atom stereocenters. The molecule has 0 aliphatic rings. The van der Waals surface area contributed by atoms with Gasteiger partial charge >= 0.3 is 0 Å². The molecule has 0 aliphatic carbocycles. The molecule has 0 aliphatic heterocycles. The number of aryl methyl sites for hydroxylation is 3. The number of carbonyl (C=O) groups is 1. The Morgan fingerprint density at radius 3 is 2.67 bits per heavy atom. The van der Waals surface area contributed by atoms with Crippen LogP contribution in [0.2, 0.25) is 0 Å². The second-order valence-corrected chi connectivity index (χ2v) is 6.03. The van der Waals surface area contributed by atoms with E-state index in [9.17, 15) is 13.2 Å². The minimum absolute atomic E-state index is 0.105. The minimum atomic E-state index is -3.97. The summed E-state index contributed by atoms with van der Waals surface area (Å²) in [5.74, 6) is -0.604. The number of aromatic nitrogens is 4. The Hall–Kier alpha value is -2.20. The van der Waals surface area contributed by atoms with E-state index in [1.54, 1.807) is 13.0 Å². The van der Waals surface area contributed by atoms with Crippen LogP contribution < -0.4 is 10.5 Å². The highest BCUT2D eigenvalue weighted by atomic mass is 32.2. The number of anilines is 1. The number of carbonyl (C=O) groups excluding carboxylic acids is 1. The van der Waals surface area contributed by atoms with E-state index in [0.29, 0.717) is 17.9 Å². The monoisotopic (exact) mass is 312 g/mol. The Balaban J connectivity index is 2.36. The van der Waals surface area contributed by atoms with Crippen molar-refractivity contribution in [2.45, 2.75) is 25.3 Å². The summed E-state index contributed by atoms with van der Waals surface area (Å²) in [6.45, 7) is 4.13. The summed E-state index contributed by atoms with van der Waals surface area (Å²) >= 11 is 0. The lowest BCUT2D eigenvalue weighted by molar-refractivity contribution is 0.101. The maximum absolute atomic E-state index is 12.2. The summed E-state index contributed by atoms with van der Waals surface area (Å²) in [4.78, 5) is 12.0. The summed E-state index contributed by atoms with van der Waals surface area (Å²) < 4.78 is 25.7. The van der Waals surface area contributed by atoms with Gasteiger partial charge in [0.1, 0.15) is 10.6 Å². The molecular formula is C11H16N6O3S. The second kappa shape index (κ2) is 5.30. The van der Waals surface area contributed by atoms with Gasteiger partial charge in [0.25, 0.3) is 5.91 Å². The fraction of sp³-hybridized carbons (Fsp3) is 0.364. The Kier molecular flexibility index (Phi) is 3.83. The Labute approximate surface area is 121 Å². The standard InChI is InChI=1S/C11H16N6O3S/c1-4-17-8(5-7(2)14-17)11(18)13-10-9(21(12,19)20)6-16(3)15-10/h5-6H,4H2,1-3H3,(H2,12,19,20)(H,13,15,18).